The van der Waals surface area contributed by atoms with Gasteiger partial charge in [0.05, 0.1) is 5.69 Å². The van der Waals surface area contributed by atoms with Gasteiger partial charge in [0.15, 0.2) is 0 Å². The third-order valence-corrected chi connectivity index (χ3v) is 3.17. The fourth-order valence-electron chi connectivity index (χ4n) is 1.84. The summed E-state index contributed by atoms with van der Waals surface area (Å²) in [5.74, 6) is 1.35. The number of nitrogens with zero attached hydrogens (tertiary/aromatic N) is 1. The van der Waals surface area contributed by atoms with E-state index < -0.39 is 0 Å². The van der Waals surface area contributed by atoms with E-state index in [0.29, 0.717) is 5.92 Å². The van der Waals surface area contributed by atoms with Gasteiger partial charge < -0.3 is 0 Å². The molecule has 88 valence electrons. The molecule has 2 unspecified atom stereocenters. The highest BCUT2D eigenvalue weighted by Crippen LogP contribution is 2.20. The maximum atomic E-state index is 4.57. The van der Waals surface area contributed by atoms with E-state index in [-0.39, 0.29) is 0 Å². The Labute approximate surface area is 99.6 Å². The topological polar surface area (TPSA) is 12.4 Å². The van der Waals surface area contributed by atoms with Gasteiger partial charge in [-0.15, -0.1) is 0 Å². The molecule has 0 heterocycles. The molecule has 0 amide bonds. The SMILES string of the molecule is CCCC(C=Nc1ccccc1)C(C)CC. The zero-order chi connectivity index (χ0) is 11.8. The van der Waals surface area contributed by atoms with Crippen molar-refractivity contribution in [3.63, 3.8) is 0 Å². The Kier molecular flexibility index (Phi) is 5.84. The molecule has 0 aliphatic carbocycles. The lowest BCUT2D eigenvalue weighted by Crippen LogP contribution is -2.12. The highest BCUT2D eigenvalue weighted by atomic mass is 14.7. The van der Waals surface area contributed by atoms with Crippen molar-refractivity contribution in [2.75, 3.05) is 0 Å². The summed E-state index contributed by atoms with van der Waals surface area (Å²) < 4.78 is 0. The molecule has 0 aliphatic heterocycles. The van der Waals surface area contributed by atoms with Crippen LogP contribution >= 0.6 is 0 Å². The number of para-hydroxylation sites is 1. The van der Waals surface area contributed by atoms with Gasteiger partial charge in [-0.2, -0.15) is 0 Å². The van der Waals surface area contributed by atoms with Gasteiger partial charge in [-0.1, -0.05) is 51.8 Å². The smallest absolute Gasteiger partial charge is 0.0625 e. The van der Waals surface area contributed by atoms with Crippen molar-refractivity contribution in [3.8, 4) is 0 Å². The van der Waals surface area contributed by atoms with E-state index in [2.05, 4.69) is 44.1 Å². The van der Waals surface area contributed by atoms with Crippen LogP contribution in [0.15, 0.2) is 35.3 Å². The van der Waals surface area contributed by atoms with Crippen molar-refractivity contribution in [2.24, 2.45) is 16.8 Å². The van der Waals surface area contributed by atoms with Crippen molar-refractivity contribution in [1.82, 2.24) is 0 Å². The highest BCUT2D eigenvalue weighted by molar-refractivity contribution is 5.65. The average molecular weight is 217 g/mol. The fraction of sp³-hybridized carbons (Fsp3) is 0.533. The van der Waals surface area contributed by atoms with Crippen LogP contribution in [0.25, 0.3) is 0 Å². The zero-order valence-electron chi connectivity index (χ0n) is 10.7. The molecule has 16 heavy (non-hydrogen) atoms. The van der Waals surface area contributed by atoms with Gasteiger partial charge in [-0.3, -0.25) is 4.99 Å². The number of benzene rings is 1. The standard InChI is InChI=1S/C15H23N/c1-4-9-14(13(3)5-2)12-16-15-10-7-6-8-11-15/h6-8,10-14H,4-5,9H2,1-3H3. The third kappa shape index (κ3) is 4.18. The Bertz CT molecular complexity index is 302. The summed E-state index contributed by atoms with van der Waals surface area (Å²) in [6.45, 7) is 6.81. The number of hydrogen-bond donors (Lipinski definition) is 0. The molecule has 0 spiro atoms. The third-order valence-electron chi connectivity index (χ3n) is 3.17. The Morgan fingerprint density at radius 3 is 2.44 bits per heavy atom. The quantitative estimate of drug-likeness (QED) is 0.604. The van der Waals surface area contributed by atoms with Gasteiger partial charge in [-0.25, -0.2) is 0 Å². The highest BCUT2D eigenvalue weighted by Gasteiger charge is 2.11. The lowest BCUT2D eigenvalue weighted by atomic mass is 9.89. The molecule has 0 fully saturated rings. The first-order valence-corrected chi connectivity index (χ1v) is 6.37. The maximum absolute atomic E-state index is 4.57. The first-order valence-electron chi connectivity index (χ1n) is 6.37. The fourth-order valence-corrected chi connectivity index (χ4v) is 1.84. The van der Waals surface area contributed by atoms with Crippen molar-refractivity contribution in [3.05, 3.63) is 30.3 Å². The summed E-state index contributed by atoms with van der Waals surface area (Å²) >= 11 is 0. The van der Waals surface area contributed by atoms with Crippen molar-refractivity contribution < 1.29 is 0 Å². The molecule has 0 saturated heterocycles. The molecular weight excluding hydrogens is 194 g/mol. The number of rotatable bonds is 6. The van der Waals surface area contributed by atoms with E-state index >= 15 is 0 Å². The lowest BCUT2D eigenvalue weighted by molar-refractivity contribution is 0.420. The Morgan fingerprint density at radius 1 is 1.19 bits per heavy atom. The normalized spacial score (nSPS) is 15.2. The van der Waals surface area contributed by atoms with Crippen LogP contribution in [0.3, 0.4) is 0 Å². The second-order valence-electron chi connectivity index (χ2n) is 4.45. The summed E-state index contributed by atoms with van der Waals surface area (Å²) in [4.78, 5) is 4.57. The molecule has 2 atom stereocenters. The van der Waals surface area contributed by atoms with Crippen LogP contribution in [0.2, 0.25) is 0 Å². The molecule has 0 aliphatic rings. The summed E-state index contributed by atoms with van der Waals surface area (Å²) in [7, 11) is 0. The second-order valence-corrected chi connectivity index (χ2v) is 4.45. The first kappa shape index (κ1) is 13.0. The van der Waals surface area contributed by atoms with E-state index in [1.807, 2.05) is 18.2 Å². The summed E-state index contributed by atoms with van der Waals surface area (Å²) in [6, 6.07) is 10.2. The van der Waals surface area contributed by atoms with Crippen LogP contribution in [-0.4, -0.2) is 6.21 Å². The molecule has 0 radical (unpaired) electrons. The monoisotopic (exact) mass is 217 g/mol. The van der Waals surface area contributed by atoms with Gasteiger partial charge in [-0.05, 0) is 30.4 Å². The second kappa shape index (κ2) is 7.21. The van der Waals surface area contributed by atoms with E-state index in [9.17, 15) is 0 Å². The lowest BCUT2D eigenvalue weighted by Gasteiger charge is -2.17. The predicted molar refractivity (Wildman–Crippen MR) is 72.4 cm³/mol. The molecule has 1 rings (SSSR count). The van der Waals surface area contributed by atoms with Crippen LogP contribution in [0.1, 0.15) is 40.0 Å². The minimum atomic E-state index is 0.621. The molecule has 0 saturated carbocycles. The summed E-state index contributed by atoms with van der Waals surface area (Å²) in [5, 5.41) is 0. The predicted octanol–water partition coefficient (Wildman–Crippen LogP) is 4.85. The average Bonchev–Trinajstić information content (AvgIpc) is 2.34. The largest absolute Gasteiger partial charge is 0.261 e. The molecular formula is C15H23N. The molecule has 1 nitrogen and oxygen atoms in total. The summed E-state index contributed by atoms with van der Waals surface area (Å²) in [6.07, 6.45) is 5.85. The maximum Gasteiger partial charge on any atom is 0.0625 e. The minimum Gasteiger partial charge on any atom is -0.261 e. The molecule has 0 bridgehead atoms. The van der Waals surface area contributed by atoms with Crippen LogP contribution < -0.4 is 0 Å². The van der Waals surface area contributed by atoms with Crippen molar-refractivity contribution in [1.29, 1.82) is 0 Å². The van der Waals surface area contributed by atoms with E-state index in [0.717, 1.165) is 11.6 Å². The Balaban J connectivity index is 2.64. The van der Waals surface area contributed by atoms with E-state index in [4.69, 9.17) is 0 Å². The first-order chi connectivity index (χ1) is 7.77. The van der Waals surface area contributed by atoms with Crippen LogP contribution in [0.4, 0.5) is 5.69 Å². The van der Waals surface area contributed by atoms with Gasteiger partial charge in [0, 0.05) is 6.21 Å². The van der Waals surface area contributed by atoms with Crippen LogP contribution in [0, 0.1) is 11.8 Å². The molecule has 1 aromatic carbocycles. The van der Waals surface area contributed by atoms with Gasteiger partial charge in [0.1, 0.15) is 0 Å². The Morgan fingerprint density at radius 2 is 1.88 bits per heavy atom. The van der Waals surface area contributed by atoms with E-state index in [1.54, 1.807) is 0 Å². The number of hydrogen-bond acceptors (Lipinski definition) is 1. The van der Waals surface area contributed by atoms with Crippen LogP contribution in [0.5, 0.6) is 0 Å². The molecule has 0 N–H and O–H groups in total. The number of aliphatic imine (C=N–C) groups is 1. The van der Waals surface area contributed by atoms with Gasteiger partial charge in [0.25, 0.3) is 0 Å². The van der Waals surface area contributed by atoms with Gasteiger partial charge >= 0.3 is 0 Å². The zero-order valence-corrected chi connectivity index (χ0v) is 10.7. The van der Waals surface area contributed by atoms with Crippen LogP contribution in [-0.2, 0) is 0 Å². The molecule has 0 aromatic heterocycles. The Hall–Kier alpha value is -1.11. The summed E-state index contributed by atoms with van der Waals surface area (Å²) in [5.41, 5.74) is 1.06. The van der Waals surface area contributed by atoms with Crippen molar-refractivity contribution >= 4 is 11.9 Å². The van der Waals surface area contributed by atoms with Gasteiger partial charge in [0.2, 0.25) is 0 Å². The minimum absolute atomic E-state index is 0.621. The molecule has 1 heteroatoms. The molecule has 1 aromatic rings. The van der Waals surface area contributed by atoms with E-state index in [1.165, 1.54) is 19.3 Å². The van der Waals surface area contributed by atoms with Crippen molar-refractivity contribution in [2.45, 2.75) is 40.0 Å².